The van der Waals surface area contributed by atoms with E-state index in [-0.39, 0.29) is 26.2 Å². The third-order valence-electron chi connectivity index (χ3n) is 2.36. The Balaban J connectivity index is 0. The second-order valence-electron chi connectivity index (χ2n) is 7.16. The molecule has 0 aromatic heterocycles. The van der Waals surface area contributed by atoms with Crippen molar-refractivity contribution < 1.29 is 26.2 Å². The van der Waals surface area contributed by atoms with Gasteiger partial charge in [-0.25, -0.2) is 23.3 Å². The molecular formula is C17H30Si2Zr. The topological polar surface area (TPSA) is 0 Å². The van der Waals surface area contributed by atoms with Crippen LogP contribution in [0.15, 0.2) is 47.2 Å². The van der Waals surface area contributed by atoms with Gasteiger partial charge in [-0.1, -0.05) is 46.2 Å². The molecule has 0 saturated carbocycles. The van der Waals surface area contributed by atoms with E-state index >= 15 is 0 Å². The number of allylic oxidation sites excluding steroid dienone is 2. The maximum Gasteiger partial charge on any atom is 2.00 e. The molecule has 0 saturated heterocycles. The van der Waals surface area contributed by atoms with Crippen molar-refractivity contribution in [1.82, 2.24) is 0 Å². The minimum Gasteiger partial charge on any atom is -0.276 e. The number of rotatable bonds is 3. The van der Waals surface area contributed by atoms with Gasteiger partial charge in [0.2, 0.25) is 0 Å². The third kappa shape index (κ3) is 14.6. The molecule has 0 radical (unpaired) electrons. The van der Waals surface area contributed by atoms with Crippen LogP contribution in [-0.4, -0.2) is 16.1 Å². The molecule has 0 aliphatic rings. The molecule has 3 heteroatoms. The molecular weight excluding hydrogens is 352 g/mol. The molecule has 0 spiro atoms. The first-order valence-electron chi connectivity index (χ1n) is 6.99. The van der Waals surface area contributed by atoms with Crippen LogP contribution in [0.4, 0.5) is 0 Å². The van der Waals surface area contributed by atoms with Crippen molar-refractivity contribution in [3.05, 3.63) is 52.9 Å². The Hall–Kier alpha value is 0.147. The van der Waals surface area contributed by atoms with E-state index in [4.69, 9.17) is 0 Å². The van der Waals surface area contributed by atoms with Crippen molar-refractivity contribution in [3.8, 4) is 0 Å². The summed E-state index contributed by atoms with van der Waals surface area (Å²) in [5.41, 5.74) is 8.92. The molecule has 0 atom stereocenters. The molecule has 0 fully saturated rings. The molecule has 20 heavy (non-hydrogen) atoms. The normalized spacial score (nSPS) is 13.2. The molecule has 1 aromatic carbocycles. The Kier molecular flexibility index (Phi) is 11.2. The van der Waals surface area contributed by atoms with Crippen molar-refractivity contribution in [2.24, 2.45) is 0 Å². The molecule has 0 nitrogen and oxygen atoms in total. The van der Waals surface area contributed by atoms with E-state index < -0.39 is 16.1 Å². The van der Waals surface area contributed by atoms with Gasteiger partial charge in [0, 0.05) is 0 Å². The quantitative estimate of drug-likeness (QED) is 0.350. The molecule has 0 aliphatic carbocycles. The summed E-state index contributed by atoms with van der Waals surface area (Å²) in [7, 11) is -2.24. The van der Waals surface area contributed by atoms with Crippen molar-refractivity contribution >= 4 is 16.1 Å². The zero-order valence-electron chi connectivity index (χ0n) is 14.5. The van der Waals surface area contributed by atoms with E-state index in [0.29, 0.717) is 0 Å². The van der Waals surface area contributed by atoms with Crippen LogP contribution in [0.1, 0.15) is 13.8 Å². The Labute approximate surface area is 147 Å². The molecule has 0 aliphatic heterocycles. The van der Waals surface area contributed by atoms with E-state index in [0.717, 1.165) is 0 Å². The van der Waals surface area contributed by atoms with Gasteiger partial charge in [-0.15, -0.1) is 6.92 Å². The summed E-state index contributed by atoms with van der Waals surface area (Å²) in [5.74, 6) is 0. The van der Waals surface area contributed by atoms with Crippen LogP contribution in [0.2, 0.25) is 39.3 Å². The summed E-state index contributed by atoms with van der Waals surface area (Å²) in [6, 6.07) is 10.0. The van der Waals surface area contributed by atoms with E-state index in [1.54, 1.807) is 0 Å². The number of hydrogen-bond donors (Lipinski definition) is 0. The predicted molar refractivity (Wildman–Crippen MR) is 94.9 cm³/mol. The van der Waals surface area contributed by atoms with E-state index in [2.05, 4.69) is 64.5 Å². The third-order valence-corrected chi connectivity index (χ3v) is 4.78. The fourth-order valence-corrected chi connectivity index (χ4v) is 4.58. The average molecular weight is 382 g/mol. The average Bonchev–Trinajstić information content (AvgIpc) is 2.69. The Morgan fingerprint density at radius 1 is 0.950 bits per heavy atom. The monoisotopic (exact) mass is 380 g/mol. The first-order chi connectivity index (χ1) is 8.51. The first-order valence-corrected chi connectivity index (χ1v) is 14.1. The van der Waals surface area contributed by atoms with Crippen LogP contribution in [0.25, 0.3) is 0 Å². The van der Waals surface area contributed by atoms with Crippen molar-refractivity contribution in [3.63, 3.8) is 0 Å². The van der Waals surface area contributed by atoms with Gasteiger partial charge in [0.25, 0.3) is 0 Å². The molecule has 0 N–H and O–H groups in total. The molecule has 0 bridgehead atoms. The van der Waals surface area contributed by atoms with Gasteiger partial charge >= 0.3 is 26.2 Å². The van der Waals surface area contributed by atoms with E-state index in [1.165, 1.54) is 11.1 Å². The van der Waals surface area contributed by atoms with Gasteiger partial charge in [0.15, 0.2) is 0 Å². The minimum absolute atomic E-state index is 0. The maximum absolute atomic E-state index is 3.65. The second-order valence-corrected chi connectivity index (χ2v) is 16.9. The van der Waals surface area contributed by atoms with Crippen LogP contribution in [-0.2, 0) is 26.2 Å². The van der Waals surface area contributed by atoms with E-state index in [1.807, 2.05) is 30.3 Å². The summed E-state index contributed by atoms with van der Waals surface area (Å²) >= 11 is 0. The van der Waals surface area contributed by atoms with Crippen LogP contribution >= 0.6 is 0 Å². The SMILES string of the molecule is CC(=[C-][Si](C)(C)C)C(C)=C[Si](C)(C)C.[Zr+2].c1cc[cH-]c1. The fourth-order valence-electron chi connectivity index (χ4n) is 1.74. The van der Waals surface area contributed by atoms with Crippen molar-refractivity contribution in [2.75, 3.05) is 0 Å². The molecule has 0 unspecified atom stereocenters. The molecule has 0 heterocycles. The summed E-state index contributed by atoms with van der Waals surface area (Å²) in [6.07, 6.45) is 0. The number of hydrogen-bond acceptors (Lipinski definition) is 0. The zero-order valence-corrected chi connectivity index (χ0v) is 18.9. The van der Waals surface area contributed by atoms with Crippen LogP contribution < -0.4 is 0 Å². The molecule has 1 rings (SSSR count). The largest absolute Gasteiger partial charge is 2.00 e. The summed E-state index contributed by atoms with van der Waals surface area (Å²) < 4.78 is 0. The Bertz CT molecular complexity index is 356. The van der Waals surface area contributed by atoms with Gasteiger partial charge in [0.1, 0.15) is 0 Å². The molecule has 1 aromatic rings. The maximum atomic E-state index is 3.65. The first kappa shape index (κ1) is 22.4. The van der Waals surface area contributed by atoms with Crippen molar-refractivity contribution in [2.45, 2.75) is 53.1 Å². The predicted octanol–water partition coefficient (Wildman–Crippen LogP) is 5.84. The van der Waals surface area contributed by atoms with Crippen molar-refractivity contribution in [1.29, 1.82) is 0 Å². The molecule has 110 valence electrons. The smallest absolute Gasteiger partial charge is 0.276 e. The Morgan fingerprint density at radius 2 is 1.40 bits per heavy atom. The van der Waals surface area contributed by atoms with Gasteiger partial charge in [-0.3, -0.25) is 5.70 Å². The summed E-state index contributed by atoms with van der Waals surface area (Å²) in [5, 5.41) is 0. The zero-order chi connectivity index (χ0) is 15.1. The molecule has 0 amide bonds. The summed E-state index contributed by atoms with van der Waals surface area (Å²) in [6.45, 7) is 18.5. The van der Waals surface area contributed by atoms with Crippen LogP contribution in [0.5, 0.6) is 0 Å². The standard InChI is InChI=1S/C12H25Si2.C5H5.Zr/c1-11(9-13(3,4)5)12(2)10-14(6,7)8;1-2-4-5-3-1;/h9H,1-8H3;1-5H;/q2*-1;+2. The fraction of sp³-hybridized carbons (Fsp3) is 0.471. The Morgan fingerprint density at radius 3 is 1.65 bits per heavy atom. The van der Waals surface area contributed by atoms with Gasteiger partial charge in [-0.2, -0.15) is 23.9 Å². The van der Waals surface area contributed by atoms with E-state index in [9.17, 15) is 0 Å². The minimum atomic E-state index is -1.17. The van der Waals surface area contributed by atoms with Crippen LogP contribution in [0.3, 0.4) is 0 Å². The van der Waals surface area contributed by atoms with Gasteiger partial charge in [0.05, 0.1) is 8.07 Å². The van der Waals surface area contributed by atoms with Gasteiger partial charge in [-0.05, 0) is 8.07 Å². The second kappa shape index (κ2) is 9.97. The van der Waals surface area contributed by atoms with Gasteiger partial charge < -0.3 is 0 Å². The summed E-state index contributed by atoms with van der Waals surface area (Å²) in [4.78, 5) is 0. The van der Waals surface area contributed by atoms with Crippen LogP contribution in [0, 0.1) is 5.70 Å².